The molecule has 1 aliphatic heterocycles. The number of aliphatic hydroxyl groups excluding tert-OH is 3. The minimum atomic E-state index is -1.11. The molecule has 3 fully saturated rings. The van der Waals surface area contributed by atoms with E-state index in [-0.39, 0.29) is 44.0 Å². The summed E-state index contributed by atoms with van der Waals surface area (Å²) in [6, 6.07) is 3.52. The average molecular weight is 450 g/mol. The Kier molecular flexibility index (Phi) is 6.94. The Morgan fingerprint density at radius 2 is 2.00 bits per heavy atom. The molecule has 3 aliphatic rings. The molecule has 0 radical (unpaired) electrons. The van der Waals surface area contributed by atoms with Crippen molar-refractivity contribution in [2.45, 2.75) is 51.1 Å². The molecule has 7 atom stereocenters. The molecule has 0 spiro atoms. The minimum absolute atomic E-state index is 0.0339. The highest BCUT2D eigenvalue weighted by Gasteiger charge is 2.59. The normalized spacial score (nSPS) is 34.5. The van der Waals surface area contributed by atoms with Crippen molar-refractivity contribution in [3.05, 3.63) is 24.2 Å². The molecular formula is C22H30N2O8. The monoisotopic (exact) mass is 450 g/mol. The SMILES string of the molecule is CCN1C(=O)[C@H]2[C@H]3[C@H](O)[C@H](O)C/C(=N\OC[C@@H](O)COCc4ccco4)[C@H]3CC[C@H]2C1=O. The highest BCUT2D eigenvalue weighted by molar-refractivity contribution is 6.06. The predicted molar refractivity (Wildman–Crippen MR) is 110 cm³/mol. The maximum Gasteiger partial charge on any atom is 0.233 e. The second-order valence-electron chi connectivity index (χ2n) is 8.70. The van der Waals surface area contributed by atoms with Crippen molar-refractivity contribution in [2.75, 3.05) is 19.8 Å². The number of hydrogen-bond donors (Lipinski definition) is 3. The minimum Gasteiger partial charge on any atom is -0.467 e. The van der Waals surface area contributed by atoms with Crippen LogP contribution >= 0.6 is 0 Å². The summed E-state index contributed by atoms with van der Waals surface area (Å²) < 4.78 is 10.5. The molecule has 10 nitrogen and oxygen atoms in total. The number of likely N-dealkylation sites (tertiary alicyclic amines) is 1. The van der Waals surface area contributed by atoms with Crippen molar-refractivity contribution < 1.29 is 38.9 Å². The van der Waals surface area contributed by atoms with E-state index in [9.17, 15) is 24.9 Å². The third kappa shape index (κ3) is 4.32. The molecule has 176 valence electrons. The quantitative estimate of drug-likeness (QED) is 0.379. The Labute approximate surface area is 185 Å². The first-order valence-corrected chi connectivity index (χ1v) is 11.1. The Bertz CT molecular complexity index is 841. The van der Waals surface area contributed by atoms with Crippen LogP contribution in [0.5, 0.6) is 0 Å². The number of aliphatic hydroxyl groups is 3. The van der Waals surface area contributed by atoms with Gasteiger partial charge in [-0.2, -0.15) is 0 Å². The van der Waals surface area contributed by atoms with Crippen molar-refractivity contribution in [1.82, 2.24) is 4.90 Å². The van der Waals surface area contributed by atoms with Crippen LogP contribution in [-0.4, -0.2) is 75.8 Å². The molecule has 0 bridgehead atoms. The van der Waals surface area contributed by atoms with Crippen LogP contribution in [0.15, 0.2) is 28.0 Å². The largest absolute Gasteiger partial charge is 0.467 e. The summed E-state index contributed by atoms with van der Waals surface area (Å²) in [7, 11) is 0. The molecule has 32 heavy (non-hydrogen) atoms. The van der Waals surface area contributed by atoms with Gasteiger partial charge in [-0.15, -0.1) is 0 Å². The topological polar surface area (TPSA) is 142 Å². The lowest BCUT2D eigenvalue weighted by molar-refractivity contribution is -0.141. The fourth-order valence-corrected chi connectivity index (χ4v) is 5.30. The van der Waals surface area contributed by atoms with Gasteiger partial charge in [-0.05, 0) is 31.9 Å². The molecule has 3 N–H and O–H groups in total. The zero-order chi connectivity index (χ0) is 22.8. The average Bonchev–Trinajstić information content (AvgIpc) is 3.37. The van der Waals surface area contributed by atoms with Crippen molar-refractivity contribution in [3.63, 3.8) is 0 Å². The Balaban J connectivity index is 1.38. The second kappa shape index (κ2) is 9.70. The second-order valence-corrected chi connectivity index (χ2v) is 8.70. The molecule has 2 saturated carbocycles. The smallest absolute Gasteiger partial charge is 0.233 e. The third-order valence-electron chi connectivity index (χ3n) is 6.77. The number of nitrogens with zero attached hydrogens (tertiary/aromatic N) is 2. The van der Waals surface area contributed by atoms with E-state index < -0.39 is 36.1 Å². The summed E-state index contributed by atoms with van der Waals surface area (Å²) >= 11 is 0. The van der Waals surface area contributed by atoms with Crippen LogP contribution in [0.3, 0.4) is 0 Å². The highest BCUT2D eigenvalue weighted by atomic mass is 16.6. The van der Waals surface area contributed by atoms with Gasteiger partial charge in [0.15, 0.2) is 0 Å². The van der Waals surface area contributed by atoms with Gasteiger partial charge in [0.25, 0.3) is 0 Å². The molecule has 4 rings (SSSR count). The highest BCUT2D eigenvalue weighted by Crippen LogP contribution is 2.49. The zero-order valence-electron chi connectivity index (χ0n) is 18.0. The van der Waals surface area contributed by atoms with E-state index in [2.05, 4.69) is 5.16 Å². The number of carbonyl (C=O) groups excluding carboxylic acids is 2. The number of amides is 2. The standard InChI is InChI=1S/C22H30N2O8/c1-2-24-21(28)15-6-5-14-16(8-17(26)20(27)18(14)19(15)22(24)29)23-32-10-12(25)9-30-11-13-4-3-7-31-13/h3-4,7,12,14-15,17-20,25-27H,2,5-6,8-11H2,1H3/b23-16+/t12-,14+,15+,17+,18-,19+,20+/m0/s1. The van der Waals surface area contributed by atoms with Gasteiger partial charge >= 0.3 is 0 Å². The van der Waals surface area contributed by atoms with E-state index in [1.54, 1.807) is 25.3 Å². The van der Waals surface area contributed by atoms with Gasteiger partial charge in [0.05, 0.1) is 42.6 Å². The number of oxime groups is 1. The molecule has 0 aromatic carbocycles. The molecule has 2 amide bonds. The maximum absolute atomic E-state index is 12.9. The molecule has 10 heteroatoms. The van der Waals surface area contributed by atoms with Crippen molar-refractivity contribution >= 4 is 17.5 Å². The lowest BCUT2D eigenvalue weighted by Crippen LogP contribution is -2.54. The van der Waals surface area contributed by atoms with Crippen molar-refractivity contribution in [3.8, 4) is 0 Å². The van der Waals surface area contributed by atoms with Crippen LogP contribution < -0.4 is 0 Å². The van der Waals surface area contributed by atoms with Crippen molar-refractivity contribution in [1.29, 1.82) is 0 Å². The number of ether oxygens (including phenoxy) is 1. The lowest BCUT2D eigenvalue weighted by atomic mass is 9.60. The molecule has 2 aliphatic carbocycles. The van der Waals surface area contributed by atoms with Gasteiger partial charge in [-0.1, -0.05) is 5.16 Å². The van der Waals surface area contributed by atoms with Gasteiger partial charge < -0.3 is 29.3 Å². The number of furan rings is 1. The summed E-state index contributed by atoms with van der Waals surface area (Å²) in [5, 5.41) is 35.3. The summed E-state index contributed by atoms with van der Waals surface area (Å²) in [6.07, 6.45) is -0.365. The molecular weight excluding hydrogens is 420 g/mol. The first-order valence-electron chi connectivity index (χ1n) is 11.1. The van der Waals surface area contributed by atoms with Gasteiger partial charge in [-0.3, -0.25) is 14.5 Å². The number of imide groups is 1. The molecule has 1 aromatic rings. The third-order valence-corrected chi connectivity index (χ3v) is 6.77. The van der Waals surface area contributed by atoms with E-state index in [0.29, 0.717) is 30.9 Å². The van der Waals surface area contributed by atoms with Gasteiger partial charge in [-0.25, -0.2) is 0 Å². The zero-order valence-corrected chi connectivity index (χ0v) is 18.0. The van der Waals surface area contributed by atoms with Crippen molar-refractivity contribution in [2.24, 2.45) is 28.8 Å². The summed E-state index contributed by atoms with van der Waals surface area (Å²) in [5.41, 5.74) is 0.546. The van der Waals surface area contributed by atoms with E-state index in [1.807, 2.05) is 0 Å². The lowest BCUT2D eigenvalue weighted by Gasteiger charge is -2.45. The Morgan fingerprint density at radius 3 is 2.72 bits per heavy atom. The molecule has 0 unspecified atom stereocenters. The summed E-state index contributed by atoms with van der Waals surface area (Å²) in [5.74, 6) is -1.80. The van der Waals surface area contributed by atoms with Gasteiger partial charge in [0.2, 0.25) is 11.8 Å². The first kappa shape index (κ1) is 22.9. The number of rotatable bonds is 8. The Hall–Kier alpha value is -2.27. The van der Waals surface area contributed by atoms with E-state index in [4.69, 9.17) is 14.0 Å². The number of hydrogen-bond acceptors (Lipinski definition) is 9. The van der Waals surface area contributed by atoms with Crippen LogP contribution in [0, 0.1) is 23.7 Å². The van der Waals surface area contributed by atoms with Crippen LogP contribution in [0.25, 0.3) is 0 Å². The number of carbonyl (C=O) groups is 2. The summed E-state index contributed by atoms with van der Waals surface area (Å²) in [6.45, 7) is 2.21. The first-order chi connectivity index (χ1) is 15.4. The van der Waals surface area contributed by atoms with E-state index >= 15 is 0 Å². The fraction of sp³-hybridized carbons (Fsp3) is 0.682. The van der Waals surface area contributed by atoms with Gasteiger partial charge in [0.1, 0.15) is 25.1 Å². The van der Waals surface area contributed by atoms with Crippen LogP contribution in [-0.2, 0) is 25.8 Å². The molecule has 2 heterocycles. The fourth-order valence-electron chi connectivity index (χ4n) is 5.30. The summed E-state index contributed by atoms with van der Waals surface area (Å²) in [4.78, 5) is 32.1. The van der Waals surface area contributed by atoms with E-state index in [1.165, 1.54) is 4.90 Å². The maximum atomic E-state index is 12.9. The van der Waals surface area contributed by atoms with E-state index in [0.717, 1.165) is 0 Å². The van der Waals surface area contributed by atoms with Crippen LogP contribution in [0.4, 0.5) is 0 Å². The Morgan fingerprint density at radius 1 is 1.22 bits per heavy atom. The molecule has 1 saturated heterocycles. The van der Waals surface area contributed by atoms with Gasteiger partial charge in [0, 0.05) is 24.8 Å². The number of fused-ring (bicyclic) bond motifs is 3. The molecule has 1 aromatic heterocycles. The van der Waals surface area contributed by atoms with Crippen LogP contribution in [0.2, 0.25) is 0 Å². The van der Waals surface area contributed by atoms with Crippen LogP contribution in [0.1, 0.15) is 31.9 Å². The predicted octanol–water partition coefficient (Wildman–Crippen LogP) is 0.303.